The van der Waals surface area contributed by atoms with E-state index in [4.69, 9.17) is 4.74 Å². The lowest BCUT2D eigenvalue weighted by molar-refractivity contribution is -0.152. The zero-order valence-corrected chi connectivity index (χ0v) is 14.8. The van der Waals surface area contributed by atoms with Gasteiger partial charge in [-0.05, 0) is 26.3 Å². The normalized spacial score (nSPS) is 24.1. The molecule has 1 aromatic carbocycles. The minimum Gasteiger partial charge on any atom is -0.479 e. The lowest BCUT2D eigenvalue weighted by Crippen LogP contribution is -2.47. The molecule has 1 fully saturated rings. The molecule has 0 radical (unpaired) electrons. The van der Waals surface area contributed by atoms with Gasteiger partial charge in [-0.1, -0.05) is 30.3 Å². The van der Waals surface area contributed by atoms with Crippen molar-refractivity contribution in [2.24, 2.45) is 5.92 Å². The first-order valence-electron chi connectivity index (χ1n) is 8.25. The van der Waals surface area contributed by atoms with Crippen molar-refractivity contribution in [1.29, 1.82) is 0 Å². The van der Waals surface area contributed by atoms with Crippen LogP contribution in [0.4, 0.5) is 9.18 Å². The summed E-state index contributed by atoms with van der Waals surface area (Å²) in [6.45, 7) is 5.57. The number of hydrogen-bond donors (Lipinski definition) is 2. The maximum Gasteiger partial charge on any atom is 0.407 e. The molecule has 1 aromatic rings. The number of carbonyl (C=O) groups excluding carboxylic acids is 1. The number of halogens is 1. The second-order valence-corrected chi connectivity index (χ2v) is 7.40. The van der Waals surface area contributed by atoms with Crippen molar-refractivity contribution < 1.29 is 23.8 Å². The van der Waals surface area contributed by atoms with Gasteiger partial charge in [-0.2, -0.15) is 0 Å². The summed E-state index contributed by atoms with van der Waals surface area (Å²) in [6, 6.07) is 9.47. The van der Waals surface area contributed by atoms with E-state index in [2.05, 4.69) is 5.32 Å². The summed E-state index contributed by atoms with van der Waals surface area (Å²) in [6.07, 6.45) is -0.679. The zero-order valence-electron chi connectivity index (χ0n) is 14.8. The first-order valence-corrected chi connectivity index (χ1v) is 8.25. The number of aliphatic carboxylic acids is 1. The number of alkyl carbamates (subject to hydrolysis) is 1. The minimum absolute atomic E-state index is 0.0942. The molecule has 2 N–H and O–H groups in total. The first-order chi connectivity index (χ1) is 11.6. The van der Waals surface area contributed by atoms with Gasteiger partial charge in [0.15, 0.2) is 0 Å². The lowest BCUT2D eigenvalue weighted by Gasteiger charge is -2.24. The molecule has 1 aliphatic heterocycles. The lowest BCUT2D eigenvalue weighted by atomic mass is 9.93. The molecular weight excluding hydrogens is 327 g/mol. The fraction of sp³-hybridized carbons (Fsp3) is 0.556. The predicted octanol–water partition coefficient (Wildman–Crippen LogP) is 2.44. The number of alkyl halides is 1. The van der Waals surface area contributed by atoms with Crippen molar-refractivity contribution in [3.05, 3.63) is 35.9 Å². The van der Waals surface area contributed by atoms with E-state index in [0.717, 1.165) is 5.56 Å². The molecule has 7 heteroatoms. The summed E-state index contributed by atoms with van der Waals surface area (Å²) in [5, 5.41) is 11.8. The average molecular weight is 352 g/mol. The standard InChI is InChI=1S/C18H25FN2O4/c1-17(2,3)25-16(24)20-9-14-11-21(12-18(14,19)15(22)23)10-13-7-5-4-6-8-13/h4-8,14H,9-12H2,1-3H3,(H,20,24)(H,22,23). The molecule has 138 valence electrons. The van der Waals surface area contributed by atoms with E-state index in [1.807, 2.05) is 30.3 Å². The van der Waals surface area contributed by atoms with Crippen LogP contribution in [0.1, 0.15) is 26.3 Å². The molecule has 2 rings (SSSR count). The Morgan fingerprint density at radius 3 is 2.56 bits per heavy atom. The maximum absolute atomic E-state index is 15.0. The number of hydrogen-bond acceptors (Lipinski definition) is 4. The zero-order chi connectivity index (χ0) is 18.7. The first kappa shape index (κ1) is 19.2. The fourth-order valence-corrected chi connectivity index (χ4v) is 2.93. The number of ether oxygens (including phenoxy) is 1. The number of carboxylic acid groups (broad SMARTS) is 1. The van der Waals surface area contributed by atoms with Gasteiger partial charge in [-0.25, -0.2) is 14.0 Å². The highest BCUT2D eigenvalue weighted by Gasteiger charge is 2.53. The third kappa shape index (κ3) is 5.16. The van der Waals surface area contributed by atoms with Gasteiger partial charge in [0.25, 0.3) is 0 Å². The van der Waals surface area contributed by atoms with Crippen LogP contribution in [0.5, 0.6) is 0 Å². The number of nitrogens with zero attached hydrogens (tertiary/aromatic N) is 1. The van der Waals surface area contributed by atoms with Crippen LogP contribution in [0.2, 0.25) is 0 Å². The third-order valence-corrected chi connectivity index (χ3v) is 4.08. The van der Waals surface area contributed by atoms with Crippen LogP contribution < -0.4 is 5.32 Å². The van der Waals surface area contributed by atoms with Crippen LogP contribution in [0, 0.1) is 5.92 Å². The highest BCUT2D eigenvalue weighted by atomic mass is 19.1. The highest BCUT2D eigenvalue weighted by molar-refractivity contribution is 5.79. The molecule has 1 amide bonds. The summed E-state index contributed by atoms with van der Waals surface area (Å²) in [7, 11) is 0. The molecule has 0 aromatic heterocycles. The van der Waals surface area contributed by atoms with Crippen LogP contribution in [0.25, 0.3) is 0 Å². The van der Waals surface area contributed by atoms with Gasteiger partial charge in [0.2, 0.25) is 5.67 Å². The van der Waals surface area contributed by atoms with Gasteiger partial charge in [0.1, 0.15) is 5.60 Å². The van der Waals surface area contributed by atoms with Crippen molar-refractivity contribution in [3.8, 4) is 0 Å². The Morgan fingerprint density at radius 1 is 1.36 bits per heavy atom. The Balaban J connectivity index is 2.00. The Hall–Kier alpha value is -2.15. The topological polar surface area (TPSA) is 78.9 Å². The summed E-state index contributed by atoms with van der Waals surface area (Å²) >= 11 is 0. The van der Waals surface area contributed by atoms with E-state index in [0.29, 0.717) is 6.54 Å². The second kappa shape index (κ2) is 7.39. The van der Waals surface area contributed by atoms with Crippen LogP contribution in [0.3, 0.4) is 0 Å². The monoisotopic (exact) mass is 352 g/mol. The second-order valence-electron chi connectivity index (χ2n) is 7.40. The van der Waals surface area contributed by atoms with Gasteiger partial charge in [-0.3, -0.25) is 4.90 Å². The molecule has 0 aliphatic carbocycles. The minimum atomic E-state index is -2.40. The number of rotatable bonds is 5. The van der Waals surface area contributed by atoms with Crippen molar-refractivity contribution in [1.82, 2.24) is 10.2 Å². The van der Waals surface area contributed by atoms with E-state index < -0.39 is 29.3 Å². The molecule has 25 heavy (non-hydrogen) atoms. The Kier molecular flexibility index (Phi) is 5.67. The van der Waals surface area contributed by atoms with Gasteiger partial charge < -0.3 is 15.2 Å². The Labute approximate surface area is 147 Å². The molecule has 0 spiro atoms. The molecule has 2 atom stereocenters. The SMILES string of the molecule is CC(C)(C)OC(=O)NCC1CN(Cc2ccccc2)CC1(F)C(=O)O. The van der Waals surface area contributed by atoms with Crippen LogP contribution in [-0.2, 0) is 16.1 Å². The molecule has 6 nitrogen and oxygen atoms in total. The number of nitrogens with one attached hydrogen (secondary N) is 1. The molecule has 1 aliphatic rings. The van der Waals surface area contributed by atoms with Gasteiger partial charge in [0, 0.05) is 32.1 Å². The number of carboxylic acids is 1. The summed E-state index contributed by atoms with van der Waals surface area (Å²) in [5.74, 6) is -2.35. The molecule has 2 unspecified atom stereocenters. The Morgan fingerprint density at radius 2 is 2.00 bits per heavy atom. The predicted molar refractivity (Wildman–Crippen MR) is 90.9 cm³/mol. The van der Waals surface area contributed by atoms with Crippen molar-refractivity contribution in [2.75, 3.05) is 19.6 Å². The van der Waals surface area contributed by atoms with E-state index in [9.17, 15) is 14.7 Å². The van der Waals surface area contributed by atoms with Gasteiger partial charge in [0.05, 0.1) is 0 Å². The van der Waals surface area contributed by atoms with Gasteiger partial charge >= 0.3 is 12.1 Å². The number of benzene rings is 1. The smallest absolute Gasteiger partial charge is 0.407 e. The Bertz CT molecular complexity index is 617. The highest BCUT2D eigenvalue weighted by Crippen LogP contribution is 2.32. The summed E-state index contributed by atoms with van der Waals surface area (Å²) < 4.78 is 20.1. The molecular formula is C18H25FN2O4. The maximum atomic E-state index is 15.0. The fourth-order valence-electron chi connectivity index (χ4n) is 2.93. The molecule has 0 saturated carbocycles. The van der Waals surface area contributed by atoms with E-state index in [-0.39, 0.29) is 19.6 Å². The summed E-state index contributed by atoms with van der Waals surface area (Å²) in [4.78, 5) is 25.0. The number of carbonyl (C=O) groups is 2. The van der Waals surface area contributed by atoms with Crippen LogP contribution >= 0.6 is 0 Å². The number of amides is 1. The van der Waals surface area contributed by atoms with Crippen LogP contribution in [-0.4, -0.2) is 53.0 Å². The van der Waals surface area contributed by atoms with E-state index in [1.165, 1.54) is 0 Å². The molecule has 1 saturated heterocycles. The van der Waals surface area contributed by atoms with E-state index in [1.54, 1.807) is 25.7 Å². The van der Waals surface area contributed by atoms with Crippen molar-refractivity contribution in [3.63, 3.8) is 0 Å². The third-order valence-electron chi connectivity index (χ3n) is 4.08. The largest absolute Gasteiger partial charge is 0.479 e. The van der Waals surface area contributed by atoms with E-state index >= 15 is 4.39 Å². The molecule has 1 heterocycles. The number of likely N-dealkylation sites (tertiary alicyclic amines) is 1. The van der Waals surface area contributed by atoms with Gasteiger partial charge in [-0.15, -0.1) is 0 Å². The summed E-state index contributed by atoms with van der Waals surface area (Å²) in [5.41, 5.74) is -2.08. The van der Waals surface area contributed by atoms with Crippen molar-refractivity contribution in [2.45, 2.75) is 38.6 Å². The molecule has 0 bridgehead atoms. The average Bonchev–Trinajstić information content (AvgIpc) is 2.82. The van der Waals surface area contributed by atoms with Crippen LogP contribution in [0.15, 0.2) is 30.3 Å². The van der Waals surface area contributed by atoms with Crippen molar-refractivity contribution >= 4 is 12.1 Å². The quantitative estimate of drug-likeness (QED) is 0.851.